The molecule has 2 unspecified atom stereocenters. The predicted octanol–water partition coefficient (Wildman–Crippen LogP) is 11.0. The van der Waals surface area contributed by atoms with E-state index in [9.17, 15) is 4.79 Å². The van der Waals surface area contributed by atoms with E-state index in [4.69, 9.17) is 36.0 Å². The van der Waals surface area contributed by atoms with Crippen LogP contribution in [0.3, 0.4) is 0 Å². The number of methoxy groups -OCH3 is 2. The van der Waals surface area contributed by atoms with E-state index in [0.29, 0.717) is 52.6 Å². The minimum atomic E-state index is -1.97. The second-order valence-corrected chi connectivity index (χ2v) is 15.0. The average molecular weight is 727 g/mol. The van der Waals surface area contributed by atoms with Gasteiger partial charge in [-0.05, 0) is 106 Å². The van der Waals surface area contributed by atoms with Gasteiger partial charge in [0.25, 0.3) is 0 Å². The highest BCUT2D eigenvalue weighted by molar-refractivity contribution is 7.43. The monoisotopic (exact) mass is 726 g/mol. The lowest BCUT2D eigenvalue weighted by molar-refractivity contribution is -0.134. The van der Waals surface area contributed by atoms with Crippen LogP contribution in [-0.4, -0.2) is 26.3 Å². The predicted molar refractivity (Wildman–Crippen MR) is 200 cm³/mol. The molecule has 51 heavy (non-hydrogen) atoms. The van der Waals surface area contributed by atoms with Gasteiger partial charge in [0, 0.05) is 22.8 Å². The van der Waals surface area contributed by atoms with Gasteiger partial charge in [0.1, 0.15) is 40.3 Å². The van der Waals surface area contributed by atoms with Crippen LogP contribution in [0.25, 0.3) is 21.9 Å². The van der Waals surface area contributed by atoms with Crippen molar-refractivity contribution in [2.45, 2.75) is 60.5 Å². The number of carbonyl (C=O) groups excluding carboxylic acids is 1. The molecule has 0 amide bonds. The van der Waals surface area contributed by atoms with Gasteiger partial charge in [-0.15, -0.1) is 0 Å². The molecule has 1 aliphatic carbocycles. The van der Waals surface area contributed by atoms with E-state index in [1.165, 1.54) is 0 Å². The maximum atomic E-state index is 12.8. The third kappa shape index (κ3) is 6.99. The number of rotatable bonds is 8. The van der Waals surface area contributed by atoms with Gasteiger partial charge < -0.3 is 31.4 Å². The molecular formula is C40H40O9P2. The quantitative estimate of drug-likeness (QED) is 0.145. The van der Waals surface area contributed by atoms with Gasteiger partial charge in [-0.3, -0.25) is 4.52 Å². The van der Waals surface area contributed by atoms with Crippen LogP contribution in [0.2, 0.25) is 0 Å². The number of hydrogen-bond donors (Lipinski definition) is 0. The number of ether oxygens (including phenoxy) is 2. The fourth-order valence-corrected chi connectivity index (χ4v) is 9.21. The van der Waals surface area contributed by atoms with Gasteiger partial charge in [0.05, 0.1) is 19.8 Å². The Bertz CT molecular complexity index is 2230. The van der Waals surface area contributed by atoms with Crippen molar-refractivity contribution in [3.63, 3.8) is 0 Å². The zero-order chi connectivity index (χ0) is 36.0. The van der Waals surface area contributed by atoms with Crippen molar-refractivity contribution in [2.75, 3.05) is 14.2 Å². The van der Waals surface area contributed by atoms with E-state index in [2.05, 4.69) is 25.1 Å². The summed E-state index contributed by atoms with van der Waals surface area (Å²) >= 11 is 0. The zero-order valence-corrected chi connectivity index (χ0v) is 31.7. The maximum Gasteiger partial charge on any atom is 0.466 e. The Balaban J connectivity index is 1.31. The van der Waals surface area contributed by atoms with E-state index >= 15 is 0 Å². The molecule has 2 atom stereocenters. The third-order valence-corrected chi connectivity index (χ3v) is 11.1. The van der Waals surface area contributed by atoms with Crippen molar-refractivity contribution in [3.05, 3.63) is 117 Å². The molecule has 2 aliphatic rings. The molecule has 0 bridgehead atoms. The van der Waals surface area contributed by atoms with Crippen LogP contribution in [0.4, 0.5) is 0 Å². The van der Waals surface area contributed by atoms with E-state index < -0.39 is 22.8 Å². The third-order valence-electron chi connectivity index (χ3n) is 9.01. The minimum Gasteiger partial charge on any atom is -0.497 e. The second-order valence-electron chi connectivity index (χ2n) is 13.0. The summed E-state index contributed by atoms with van der Waals surface area (Å²) in [7, 11) is -0.634. The average Bonchev–Trinajstić information content (AvgIpc) is 3.25. The highest BCUT2D eigenvalue weighted by Crippen LogP contribution is 2.51. The minimum absolute atomic E-state index is 0.386. The smallest absolute Gasteiger partial charge is 0.466 e. The molecule has 0 radical (unpaired) electrons. The van der Waals surface area contributed by atoms with Crippen LogP contribution in [-0.2, 0) is 20.3 Å². The highest BCUT2D eigenvalue weighted by Gasteiger charge is 2.38. The molecule has 9 nitrogen and oxygen atoms in total. The van der Waals surface area contributed by atoms with Crippen LogP contribution < -0.4 is 18.5 Å². The van der Waals surface area contributed by atoms with Crippen LogP contribution in [0.5, 0.6) is 23.0 Å². The van der Waals surface area contributed by atoms with E-state index in [1.54, 1.807) is 20.3 Å². The van der Waals surface area contributed by atoms with Crippen molar-refractivity contribution in [3.8, 4) is 23.0 Å². The summed E-state index contributed by atoms with van der Waals surface area (Å²) in [6.07, 6.45) is 6.23. The summed E-state index contributed by atoms with van der Waals surface area (Å²) in [6, 6.07) is 16.1. The summed E-state index contributed by atoms with van der Waals surface area (Å²) in [4.78, 5) is 12.8. The molecule has 1 saturated heterocycles. The van der Waals surface area contributed by atoms with Gasteiger partial charge >= 0.3 is 22.8 Å². The number of aryl methyl sites for hydroxylation is 6. The van der Waals surface area contributed by atoms with Gasteiger partial charge in [0.15, 0.2) is 0 Å². The largest absolute Gasteiger partial charge is 0.497 e. The van der Waals surface area contributed by atoms with Gasteiger partial charge in [-0.25, -0.2) is 4.79 Å². The number of benzene rings is 4. The molecule has 5 aromatic rings. The molecule has 1 aliphatic heterocycles. The van der Waals surface area contributed by atoms with Gasteiger partial charge in [-0.1, -0.05) is 47.5 Å². The first kappa shape index (κ1) is 34.8. The fraction of sp³-hybridized carbons (Fsp3) is 0.275. The summed E-state index contributed by atoms with van der Waals surface area (Å²) in [5.41, 5.74) is 9.42. The molecule has 11 heteroatoms. The molecule has 1 fully saturated rings. The van der Waals surface area contributed by atoms with Gasteiger partial charge in [-0.2, -0.15) is 0 Å². The molecule has 0 N–H and O–H groups in total. The second kappa shape index (κ2) is 14.1. The molecule has 0 saturated carbocycles. The molecule has 2 heterocycles. The lowest BCUT2D eigenvalue weighted by Crippen LogP contribution is -2.28. The lowest BCUT2D eigenvalue weighted by atomic mass is 9.96. The first-order chi connectivity index (χ1) is 24.5. The summed E-state index contributed by atoms with van der Waals surface area (Å²) < 4.78 is 49.5. The Labute approximate surface area is 299 Å². The Morgan fingerprint density at radius 1 is 0.706 bits per heavy atom. The van der Waals surface area contributed by atoms with Crippen molar-refractivity contribution in [1.82, 2.24) is 0 Å². The Hall–Kier alpha value is -4.68. The summed E-state index contributed by atoms with van der Waals surface area (Å²) in [5, 5.41) is 1.66. The number of allylic oxidation sites excluding steroid dienone is 2. The highest BCUT2D eigenvalue weighted by atomic mass is 31.2. The lowest BCUT2D eigenvalue weighted by Gasteiger charge is -2.30. The summed E-state index contributed by atoms with van der Waals surface area (Å²) in [5.74, 6) is 2.29. The van der Waals surface area contributed by atoms with Crippen LogP contribution in [0, 0.1) is 41.5 Å². The molecular weight excluding hydrogens is 686 g/mol. The molecule has 1 aromatic heterocycles. The van der Waals surface area contributed by atoms with Crippen LogP contribution in [0.15, 0.2) is 80.7 Å². The molecule has 0 spiro atoms. The van der Waals surface area contributed by atoms with Crippen molar-refractivity contribution in [2.24, 2.45) is 0 Å². The first-order valence-corrected chi connectivity index (χ1v) is 18.9. The van der Waals surface area contributed by atoms with E-state index in [0.717, 1.165) is 55.3 Å². The number of hydrogen-bond acceptors (Lipinski definition) is 9. The van der Waals surface area contributed by atoms with Gasteiger partial charge in [0.2, 0.25) is 0 Å². The fourth-order valence-electron chi connectivity index (χ4n) is 6.72. The topological polar surface area (TPSA) is 98.7 Å². The molecule has 4 aromatic carbocycles. The molecule has 264 valence electrons. The SMILES string of the molecule is COc1cc(C)c2op(Oc3c(C)cc(C)cc3Cc3cc(C)cc(C)c3OP3OC(=O)C4=CC=CCC4O3)oc3c(C)cc(OC)cc3c2c1. The standard InChI is InChI=1S/C40H40O9P2/c1-22-13-24(3)36(45-50-44-35-12-10-9-11-32(35)40(41)49-50)28(15-22)19-29-16-23(2)14-25(4)37(29)46-51-47-38-26(5)17-30(42-7)20-33(38)34-21-31(43-8)18-27(6)39(34)48-51/h9-11,13-18,20-21,35H,12,19H2,1-8H3. The van der Waals surface area contributed by atoms with Crippen LogP contribution >= 0.6 is 16.8 Å². The Morgan fingerprint density at radius 2 is 1.25 bits per heavy atom. The first-order valence-electron chi connectivity index (χ1n) is 16.7. The van der Waals surface area contributed by atoms with Crippen molar-refractivity contribution < 1.29 is 40.8 Å². The normalized spacial score (nSPS) is 16.8. The Kier molecular flexibility index (Phi) is 9.64. The number of carbonyl (C=O) groups is 1. The summed E-state index contributed by atoms with van der Waals surface area (Å²) in [6.45, 7) is 12.1. The maximum absolute atomic E-state index is 12.8. The van der Waals surface area contributed by atoms with Crippen molar-refractivity contribution in [1.29, 1.82) is 0 Å². The van der Waals surface area contributed by atoms with E-state index in [1.807, 2.05) is 77.1 Å². The molecule has 7 rings (SSSR count). The van der Waals surface area contributed by atoms with Crippen LogP contribution in [0.1, 0.15) is 50.9 Å². The van der Waals surface area contributed by atoms with Crippen molar-refractivity contribution >= 4 is 44.8 Å². The number of fused-ring (bicyclic) bond motifs is 4. The van der Waals surface area contributed by atoms with E-state index in [-0.39, 0.29) is 6.10 Å². The Morgan fingerprint density at radius 3 is 1.80 bits per heavy atom. The zero-order valence-electron chi connectivity index (χ0n) is 29.9.